The maximum atomic E-state index is 13.6. The van der Waals surface area contributed by atoms with Crippen molar-refractivity contribution in [2.45, 2.75) is 42.2 Å². The molecule has 17 heteroatoms. The van der Waals surface area contributed by atoms with Gasteiger partial charge in [-0.05, 0) is 18.2 Å². The van der Waals surface area contributed by atoms with Crippen LogP contribution in [0.15, 0.2) is 18.2 Å². The minimum atomic E-state index is -7.99. The molecule has 4 N–H and O–H groups in total. The Kier molecular flexibility index (Phi) is 6.90. The molecule has 0 aliphatic carbocycles. The summed E-state index contributed by atoms with van der Waals surface area (Å²) in [5.74, 6) is -39.0. The van der Waals surface area contributed by atoms with Crippen molar-refractivity contribution in [1.29, 1.82) is 0 Å². The van der Waals surface area contributed by atoms with E-state index in [9.17, 15) is 61.9 Å². The quantitative estimate of drug-likeness (QED) is 0.296. The first kappa shape index (κ1) is 27.4. The van der Waals surface area contributed by atoms with Crippen LogP contribution in [0.2, 0.25) is 0 Å². The third-order valence-electron chi connectivity index (χ3n) is 3.86. The second-order valence-corrected chi connectivity index (χ2v) is 6.27. The fourth-order valence-electron chi connectivity index (χ4n) is 2.11. The van der Waals surface area contributed by atoms with E-state index in [1.54, 1.807) is 0 Å². The van der Waals surface area contributed by atoms with Crippen molar-refractivity contribution in [2.24, 2.45) is 0 Å². The molecule has 0 radical (unpaired) electrons. The highest BCUT2D eigenvalue weighted by atomic mass is 19.4. The van der Waals surface area contributed by atoms with Crippen LogP contribution in [0.4, 0.5) is 68.5 Å². The van der Waals surface area contributed by atoms with E-state index < -0.39 is 60.3 Å². The van der Waals surface area contributed by atoms with E-state index in [1.807, 2.05) is 0 Å². The van der Waals surface area contributed by atoms with Gasteiger partial charge in [-0.1, -0.05) is 0 Å². The van der Waals surface area contributed by atoms with Crippen LogP contribution in [0.25, 0.3) is 0 Å². The van der Waals surface area contributed by atoms with Crippen molar-refractivity contribution in [3.05, 3.63) is 23.8 Å². The summed E-state index contributed by atoms with van der Waals surface area (Å²) in [7, 11) is 0. The summed E-state index contributed by atoms with van der Waals surface area (Å²) < 4.78 is 172. The highest BCUT2D eigenvalue weighted by molar-refractivity contribution is 5.91. The fourth-order valence-corrected chi connectivity index (χ4v) is 2.11. The van der Waals surface area contributed by atoms with E-state index >= 15 is 0 Å². The molecule has 0 spiro atoms. The normalized spacial score (nSPS) is 14.4. The zero-order valence-corrected chi connectivity index (χ0v) is 15.0. The van der Waals surface area contributed by atoms with Gasteiger partial charge in [0.15, 0.2) is 0 Å². The lowest BCUT2D eigenvalue weighted by molar-refractivity contribution is -0.440. The smallest absolute Gasteiger partial charge is 0.460 e. The Morgan fingerprint density at radius 1 is 0.688 bits per heavy atom. The molecule has 0 aliphatic rings. The number of carbonyl (C=O) groups is 1. The molecule has 0 aliphatic heterocycles. The molecule has 0 atom stereocenters. The lowest BCUT2D eigenvalue weighted by Gasteiger charge is -2.39. The molecular formula is C15H11F13N2O2. The van der Waals surface area contributed by atoms with Gasteiger partial charge in [0.1, 0.15) is 0 Å². The molecule has 0 aromatic heterocycles. The van der Waals surface area contributed by atoms with Crippen LogP contribution in [0.1, 0.15) is 16.8 Å². The maximum absolute atomic E-state index is 13.6. The molecule has 0 amide bonds. The van der Waals surface area contributed by atoms with Crippen LogP contribution in [-0.2, 0) is 4.74 Å². The maximum Gasteiger partial charge on any atom is 0.460 e. The molecule has 1 rings (SSSR count). The first-order valence-corrected chi connectivity index (χ1v) is 7.82. The van der Waals surface area contributed by atoms with Gasteiger partial charge in [-0.15, -0.1) is 0 Å². The largest absolute Gasteiger partial charge is 0.462 e. The SMILES string of the molecule is Nc1cc(N)cc(C(=O)OCCC(F)(F)C(F)(F)C(F)(F)C(F)(F)C(F)(F)C(F)(F)F)c1. The number of alkyl halides is 13. The van der Waals surface area contributed by atoms with Gasteiger partial charge in [-0.3, -0.25) is 0 Å². The number of rotatable bonds is 8. The summed E-state index contributed by atoms with van der Waals surface area (Å²) in [6.07, 6.45) is -10.1. The Labute approximate surface area is 169 Å². The number of esters is 1. The summed E-state index contributed by atoms with van der Waals surface area (Å²) in [6, 6.07) is 2.84. The summed E-state index contributed by atoms with van der Waals surface area (Å²) in [6.45, 7) is -1.87. The Hall–Kier alpha value is -2.62. The predicted molar refractivity (Wildman–Crippen MR) is 81.0 cm³/mol. The minimum Gasteiger partial charge on any atom is -0.462 e. The van der Waals surface area contributed by atoms with Crippen LogP contribution in [-0.4, -0.2) is 48.4 Å². The van der Waals surface area contributed by atoms with Gasteiger partial charge in [-0.25, -0.2) is 4.79 Å². The number of nitrogens with two attached hydrogens (primary N) is 2. The highest BCUT2D eigenvalue weighted by Crippen LogP contribution is 2.60. The molecule has 0 heterocycles. The lowest BCUT2D eigenvalue weighted by atomic mass is 9.93. The average Bonchev–Trinajstić information content (AvgIpc) is 2.58. The second kappa shape index (κ2) is 8.06. The first-order valence-electron chi connectivity index (χ1n) is 7.82. The third-order valence-corrected chi connectivity index (χ3v) is 3.86. The van der Waals surface area contributed by atoms with Crippen LogP contribution in [0.5, 0.6) is 0 Å². The molecule has 0 fully saturated rings. The van der Waals surface area contributed by atoms with E-state index in [1.165, 1.54) is 0 Å². The molecule has 184 valence electrons. The molecule has 0 saturated heterocycles. The monoisotopic (exact) mass is 498 g/mol. The van der Waals surface area contributed by atoms with Crippen molar-refractivity contribution >= 4 is 17.3 Å². The molecule has 1 aromatic carbocycles. The second-order valence-electron chi connectivity index (χ2n) is 6.27. The van der Waals surface area contributed by atoms with Crippen molar-refractivity contribution in [2.75, 3.05) is 18.1 Å². The van der Waals surface area contributed by atoms with Gasteiger partial charge in [0.25, 0.3) is 0 Å². The van der Waals surface area contributed by atoms with E-state index in [-0.39, 0.29) is 11.4 Å². The topological polar surface area (TPSA) is 78.3 Å². The molecule has 0 bridgehead atoms. The van der Waals surface area contributed by atoms with Crippen LogP contribution >= 0.6 is 0 Å². The van der Waals surface area contributed by atoms with Gasteiger partial charge in [0.05, 0.1) is 18.6 Å². The average molecular weight is 498 g/mol. The molecule has 1 aromatic rings. The van der Waals surface area contributed by atoms with Gasteiger partial charge < -0.3 is 16.2 Å². The Bertz CT molecular complexity index is 832. The zero-order valence-electron chi connectivity index (χ0n) is 15.0. The first-order chi connectivity index (χ1) is 14.0. The number of hydrogen-bond donors (Lipinski definition) is 2. The molecule has 4 nitrogen and oxygen atoms in total. The van der Waals surface area contributed by atoms with Crippen molar-refractivity contribution in [3.8, 4) is 0 Å². The van der Waals surface area contributed by atoms with Gasteiger partial charge in [0, 0.05) is 11.4 Å². The van der Waals surface area contributed by atoms with Crippen LogP contribution in [0, 0.1) is 0 Å². The molecule has 32 heavy (non-hydrogen) atoms. The van der Waals surface area contributed by atoms with Crippen LogP contribution in [0.3, 0.4) is 0 Å². The van der Waals surface area contributed by atoms with Crippen molar-refractivity contribution in [1.82, 2.24) is 0 Å². The van der Waals surface area contributed by atoms with Crippen LogP contribution < -0.4 is 11.5 Å². The van der Waals surface area contributed by atoms with Crippen molar-refractivity contribution in [3.63, 3.8) is 0 Å². The summed E-state index contributed by atoms with van der Waals surface area (Å²) in [4.78, 5) is 11.6. The number of ether oxygens (including phenoxy) is 1. The number of halogens is 13. The lowest BCUT2D eigenvalue weighted by Crippen LogP contribution is -2.70. The van der Waals surface area contributed by atoms with Gasteiger partial charge >= 0.3 is 41.8 Å². The predicted octanol–water partition coefficient (Wildman–Crippen LogP) is 5.14. The Morgan fingerprint density at radius 2 is 1.09 bits per heavy atom. The molecule has 0 saturated carbocycles. The summed E-state index contributed by atoms with van der Waals surface area (Å²) >= 11 is 0. The Balaban J connectivity index is 3.09. The van der Waals surface area contributed by atoms with Gasteiger partial charge in [0.2, 0.25) is 0 Å². The summed E-state index contributed by atoms with van der Waals surface area (Å²) in [5, 5.41) is 0. The van der Waals surface area contributed by atoms with Gasteiger partial charge in [-0.2, -0.15) is 57.1 Å². The van der Waals surface area contributed by atoms with E-state index in [0.717, 1.165) is 18.2 Å². The van der Waals surface area contributed by atoms with E-state index in [0.29, 0.717) is 0 Å². The van der Waals surface area contributed by atoms with E-state index in [2.05, 4.69) is 4.74 Å². The highest BCUT2D eigenvalue weighted by Gasteiger charge is 2.90. The molecule has 0 unspecified atom stereocenters. The van der Waals surface area contributed by atoms with E-state index in [4.69, 9.17) is 11.5 Å². The minimum absolute atomic E-state index is 0.152. The van der Waals surface area contributed by atoms with Crippen molar-refractivity contribution < 1.29 is 66.6 Å². The number of hydrogen-bond acceptors (Lipinski definition) is 4. The number of anilines is 2. The summed E-state index contributed by atoms with van der Waals surface area (Å²) in [5.41, 5.74) is 9.78. The third kappa shape index (κ3) is 4.46. The zero-order chi connectivity index (χ0) is 25.6. The fraction of sp³-hybridized carbons (Fsp3) is 0.533. The number of nitrogen functional groups attached to an aromatic ring is 2. The Morgan fingerprint density at radius 3 is 1.50 bits per heavy atom. The number of carbonyl (C=O) groups excluding carboxylic acids is 1. The molecular weight excluding hydrogens is 487 g/mol. The number of benzene rings is 1. The standard InChI is InChI=1S/C15H11F13N2O2/c16-10(17,1-2-32-9(31)6-3-7(29)5-8(30)4-6)11(18,19)12(20,21)13(22,23)14(24,25)15(26,27)28/h3-5H,1-2,29-30H2.